The lowest BCUT2D eigenvalue weighted by Crippen LogP contribution is -2.44. The van der Waals surface area contributed by atoms with Crippen LogP contribution in [0.4, 0.5) is 0 Å². The van der Waals surface area contributed by atoms with Gasteiger partial charge in [0.2, 0.25) is 0 Å². The highest BCUT2D eigenvalue weighted by molar-refractivity contribution is 7.99. The van der Waals surface area contributed by atoms with E-state index in [1.54, 1.807) is 0 Å². The summed E-state index contributed by atoms with van der Waals surface area (Å²) in [5, 5.41) is 9.44. The van der Waals surface area contributed by atoms with Crippen molar-refractivity contribution in [3.8, 4) is 0 Å². The quantitative estimate of drug-likeness (QED) is 0.828. The van der Waals surface area contributed by atoms with E-state index in [9.17, 15) is 5.11 Å². The van der Waals surface area contributed by atoms with Crippen LogP contribution in [0.1, 0.15) is 19.8 Å². The van der Waals surface area contributed by atoms with Gasteiger partial charge in [-0.3, -0.25) is 0 Å². The second kappa shape index (κ2) is 6.60. The van der Waals surface area contributed by atoms with Crippen LogP contribution in [0, 0.1) is 5.41 Å². The maximum atomic E-state index is 9.44. The van der Waals surface area contributed by atoms with E-state index in [2.05, 4.69) is 42.2 Å². The molecule has 0 saturated carbocycles. The number of rotatable bonds is 5. The number of hydrogen-bond acceptors (Lipinski definition) is 3. The third kappa shape index (κ3) is 4.01. The van der Waals surface area contributed by atoms with Crippen LogP contribution < -0.4 is 0 Å². The topological polar surface area (TPSA) is 23.5 Å². The Balaban J connectivity index is 1.74. The van der Waals surface area contributed by atoms with E-state index < -0.39 is 0 Å². The Bertz CT molecular complexity index is 357. The monoisotopic (exact) mass is 265 g/mol. The zero-order valence-corrected chi connectivity index (χ0v) is 12.0. The first-order chi connectivity index (χ1) is 8.72. The van der Waals surface area contributed by atoms with Crippen LogP contribution in [0.3, 0.4) is 0 Å². The first-order valence-electron chi connectivity index (χ1n) is 6.73. The maximum Gasteiger partial charge on any atom is 0.0497 e. The van der Waals surface area contributed by atoms with Crippen molar-refractivity contribution >= 4 is 11.8 Å². The molecule has 0 aromatic heterocycles. The zero-order chi connectivity index (χ0) is 12.8. The van der Waals surface area contributed by atoms with Crippen molar-refractivity contribution in [2.75, 3.05) is 32.0 Å². The molecule has 1 heterocycles. The minimum absolute atomic E-state index is 0.121. The Morgan fingerprint density at radius 1 is 1.33 bits per heavy atom. The van der Waals surface area contributed by atoms with E-state index in [-0.39, 0.29) is 5.41 Å². The minimum atomic E-state index is 0.121. The summed E-state index contributed by atoms with van der Waals surface area (Å²) < 4.78 is 0. The second-order valence-corrected chi connectivity index (χ2v) is 6.68. The Labute approximate surface area is 114 Å². The van der Waals surface area contributed by atoms with Crippen LogP contribution in [0.2, 0.25) is 0 Å². The maximum absolute atomic E-state index is 9.44. The van der Waals surface area contributed by atoms with Gasteiger partial charge in [0.15, 0.2) is 0 Å². The Hall–Kier alpha value is -0.510. The molecule has 1 unspecified atom stereocenters. The molecular weight excluding hydrogens is 242 g/mol. The summed E-state index contributed by atoms with van der Waals surface area (Å²) in [6, 6.07) is 10.6. The van der Waals surface area contributed by atoms with Gasteiger partial charge in [-0.25, -0.2) is 0 Å². The number of thioether (sulfide) groups is 1. The van der Waals surface area contributed by atoms with Crippen LogP contribution in [0.5, 0.6) is 0 Å². The lowest BCUT2D eigenvalue weighted by molar-refractivity contribution is 0.0498. The molecule has 3 heteroatoms. The van der Waals surface area contributed by atoms with Gasteiger partial charge in [0.1, 0.15) is 0 Å². The van der Waals surface area contributed by atoms with Crippen molar-refractivity contribution in [2.24, 2.45) is 5.41 Å². The molecule has 1 aromatic carbocycles. The van der Waals surface area contributed by atoms with Crippen molar-refractivity contribution in [3.05, 3.63) is 30.3 Å². The fourth-order valence-electron chi connectivity index (χ4n) is 2.56. The standard InChI is InChI=1S/C15H23NOS/c1-15(13-17)8-5-9-16(12-15)10-11-18-14-6-3-2-4-7-14/h2-4,6-7,17H,5,8-13H2,1H3. The predicted molar refractivity (Wildman–Crippen MR) is 78.0 cm³/mol. The van der Waals surface area contributed by atoms with E-state index in [4.69, 9.17) is 0 Å². The molecule has 1 N–H and O–H groups in total. The second-order valence-electron chi connectivity index (χ2n) is 5.51. The Morgan fingerprint density at radius 3 is 2.83 bits per heavy atom. The fourth-order valence-corrected chi connectivity index (χ4v) is 3.49. The van der Waals surface area contributed by atoms with Gasteiger partial charge in [0.05, 0.1) is 0 Å². The number of aliphatic hydroxyl groups excluding tert-OH is 1. The number of likely N-dealkylation sites (tertiary alicyclic amines) is 1. The molecule has 1 atom stereocenters. The number of nitrogens with zero attached hydrogens (tertiary/aromatic N) is 1. The summed E-state index contributed by atoms with van der Waals surface area (Å²) in [6.45, 7) is 5.86. The van der Waals surface area contributed by atoms with Gasteiger partial charge in [0.25, 0.3) is 0 Å². The normalized spacial score (nSPS) is 25.2. The molecule has 1 aromatic rings. The van der Waals surface area contributed by atoms with Crippen molar-refractivity contribution in [2.45, 2.75) is 24.7 Å². The highest BCUT2D eigenvalue weighted by atomic mass is 32.2. The lowest BCUT2D eigenvalue weighted by atomic mass is 9.83. The molecule has 1 fully saturated rings. The van der Waals surface area contributed by atoms with E-state index in [1.807, 2.05) is 11.8 Å². The predicted octanol–water partition coefficient (Wildman–Crippen LogP) is 2.87. The number of hydrogen-bond donors (Lipinski definition) is 1. The van der Waals surface area contributed by atoms with Crippen molar-refractivity contribution in [1.29, 1.82) is 0 Å². The number of aliphatic hydroxyl groups is 1. The Kier molecular flexibility index (Phi) is 5.10. The summed E-state index contributed by atoms with van der Waals surface area (Å²) in [4.78, 5) is 3.84. The molecule has 2 nitrogen and oxygen atoms in total. The third-order valence-electron chi connectivity index (χ3n) is 3.66. The summed E-state index contributed by atoms with van der Waals surface area (Å²) in [6.07, 6.45) is 2.37. The van der Waals surface area contributed by atoms with Crippen LogP contribution in [-0.2, 0) is 0 Å². The summed E-state index contributed by atoms with van der Waals surface area (Å²) in [7, 11) is 0. The molecule has 100 valence electrons. The van der Waals surface area contributed by atoms with Gasteiger partial charge in [-0.15, -0.1) is 11.8 Å². The van der Waals surface area contributed by atoms with Gasteiger partial charge < -0.3 is 10.0 Å². The van der Waals surface area contributed by atoms with Gasteiger partial charge in [-0.2, -0.15) is 0 Å². The van der Waals surface area contributed by atoms with E-state index in [0.717, 1.165) is 25.3 Å². The summed E-state index contributed by atoms with van der Waals surface area (Å²) in [5.74, 6) is 1.13. The molecule has 0 spiro atoms. The highest BCUT2D eigenvalue weighted by Crippen LogP contribution is 2.29. The van der Waals surface area contributed by atoms with Gasteiger partial charge >= 0.3 is 0 Å². The average molecular weight is 265 g/mol. The molecule has 1 aliphatic heterocycles. The largest absolute Gasteiger partial charge is 0.396 e. The third-order valence-corrected chi connectivity index (χ3v) is 4.65. The smallest absolute Gasteiger partial charge is 0.0497 e. The zero-order valence-electron chi connectivity index (χ0n) is 11.1. The number of benzene rings is 1. The molecule has 1 aliphatic rings. The molecular formula is C15H23NOS. The first kappa shape index (κ1) is 13.9. The molecule has 2 rings (SSSR count). The van der Waals surface area contributed by atoms with Crippen LogP contribution in [-0.4, -0.2) is 42.0 Å². The molecule has 18 heavy (non-hydrogen) atoms. The van der Waals surface area contributed by atoms with E-state index >= 15 is 0 Å². The van der Waals surface area contributed by atoms with Gasteiger partial charge in [0, 0.05) is 35.8 Å². The van der Waals surface area contributed by atoms with Crippen molar-refractivity contribution in [1.82, 2.24) is 4.90 Å². The molecule has 0 bridgehead atoms. The highest BCUT2D eigenvalue weighted by Gasteiger charge is 2.29. The van der Waals surface area contributed by atoms with Crippen LogP contribution in [0.25, 0.3) is 0 Å². The molecule has 0 amide bonds. The molecule has 0 aliphatic carbocycles. The Morgan fingerprint density at radius 2 is 2.11 bits per heavy atom. The van der Waals surface area contributed by atoms with Gasteiger partial charge in [-0.05, 0) is 31.5 Å². The minimum Gasteiger partial charge on any atom is -0.396 e. The summed E-state index contributed by atoms with van der Waals surface area (Å²) >= 11 is 1.92. The van der Waals surface area contributed by atoms with Crippen molar-refractivity contribution < 1.29 is 5.11 Å². The SMILES string of the molecule is CC1(CO)CCCN(CCSc2ccccc2)C1. The summed E-state index contributed by atoms with van der Waals surface area (Å²) in [5.41, 5.74) is 0.121. The first-order valence-corrected chi connectivity index (χ1v) is 7.71. The number of piperidine rings is 1. The lowest BCUT2D eigenvalue weighted by Gasteiger charge is -2.39. The van der Waals surface area contributed by atoms with Crippen molar-refractivity contribution in [3.63, 3.8) is 0 Å². The van der Waals surface area contributed by atoms with E-state index in [0.29, 0.717) is 6.61 Å². The van der Waals surface area contributed by atoms with E-state index in [1.165, 1.54) is 17.9 Å². The van der Waals surface area contributed by atoms with Gasteiger partial charge in [-0.1, -0.05) is 25.1 Å². The molecule has 1 saturated heterocycles. The van der Waals surface area contributed by atoms with Crippen LogP contribution >= 0.6 is 11.8 Å². The molecule has 0 radical (unpaired) electrons. The average Bonchev–Trinajstić information content (AvgIpc) is 2.40. The fraction of sp³-hybridized carbons (Fsp3) is 0.600. The van der Waals surface area contributed by atoms with Crippen LogP contribution in [0.15, 0.2) is 35.2 Å².